The molecule has 0 aliphatic carbocycles. The first-order chi connectivity index (χ1) is 14.1. The van der Waals surface area contributed by atoms with E-state index in [9.17, 15) is 4.79 Å². The fourth-order valence-electron chi connectivity index (χ4n) is 3.57. The number of nitrogens with zero attached hydrogens (tertiary/aromatic N) is 3. The molecule has 3 aromatic rings. The minimum atomic E-state index is 0.0831. The Bertz CT molecular complexity index is 1020. The van der Waals surface area contributed by atoms with Gasteiger partial charge in [-0.05, 0) is 12.0 Å². The van der Waals surface area contributed by atoms with E-state index in [1.54, 1.807) is 32.7 Å². The van der Waals surface area contributed by atoms with Gasteiger partial charge < -0.3 is 19.1 Å². The summed E-state index contributed by atoms with van der Waals surface area (Å²) in [4.78, 5) is 20.0. The summed E-state index contributed by atoms with van der Waals surface area (Å²) >= 11 is 1.56. The van der Waals surface area contributed by atoms with Gasteiger partial charge in [-0.3, -0.25) is 9.20 Å². The van der Waals surface area contributed by atoms with Gasteiger partial charge in [0, 0.05) is 43.0 Å². The Balaban J connectivity index is 1.50. The van der Waals surface area contributed by atoms with Gasteiger partial charge in [0.2, 0.25) is 5.91 Å². The van der Waals surface area contributed by atoms with Crippen LogP contribution in [0.1, 0.15) is 17.7 Å². The Hall–Kier alpha value is -3.00. The molecule has 8 heteroatoms. The molecule has 0 fully saturated rings. The standard InChI is InChI=1S/C21H23N3O4S/c1-26-16-11-17(27-2)20(18(12-16)28-3)14-4-6-23(7-5-14)19(25)10-15-13-24-8-9-29-21(24)22-15/h4,8-9,11-13H,5-7,10H2,1-3H3. The highest BCUT2D eigenvalue weighted by molar-refractivity contribution is 7.15. The largest absolute Gasteiger partial charge is 0.496 e. The summed E-state index contributed by atoms with van der Waals surface area (Å²) in [6.45, 7) is 1.19. The third-order valence-corrected chi connectivity index (χ3v) is 5.84. The van der Waals surface area contributed by atoms with Crippen LogP contribution in [0, 0.1) is 0 Å². The number of hydrogen-bond acceptors (Lipinski definition) is 6. The van der Waals surface area contributed by atoms with Crippen molar-refractivity contribution in [3.63, 3.8) is 0 Å². The van der Waals surface area contributed by atoms with E-state index in [4.69, 9.17) is 14.2 Å². The number of methoxy groups -OCH3 is 3. The molecule has 0 atom stereocenters. The molecule has 152 valence electrons. The van der Waals surface area contributed by atoms with E-state index < -0.39 is 0 Å². The van der Waals surface area contributed by atoms with Crippen LogP contribution in [0.4, 0.5) is 0 Å². The van der Waals surface area contributed by atoms with Crippen LogP contribution in [0.15, 0.2) is 36.0 Å². The molecular formula is C21H23N3O4S. The highest BCUT2D eigenvalue weighted by Crippen LogP contribution is 2.40. The van der Waals surface area contributed by atoms with E-state index in [0.717, 1.165) is 28.2 Å². The average molecular weight is 413 g/mol. The maximum absolute atomic E-state index is 12.7. The average Bonchev–Trinajstić information content (AvgIpc) is 3.34. The van der Waals surface area contributed by atoms with E-state index in [-0.39, 0.29) is 5.91 Å². The zero-order valence-electron chi connectivity index (χ0n) is 16.7. The van der Waals surface area contributed by atoms with Crippen molar-refractivity contribution in [2.24, 2.45) is 0 Å². The second kappa shape index (κ2) is 8.16. The van der Waals surface area contributed by atoms with Crippen LogP contribution < -0.4 is 14.2 Å². The highest BCUT2D eigenvalue weighted by atomic mass is 32.1. The van der Waals surface area contributed by atoms with Crippen LogP contribution in [0.25, 0.3) is 10.5 Å². The number of benzene rings is 1. The van der Waals surface area contributed by atoms with Crippen LogP contribution in [-0.2, 0) is 11.2 Å². The lowest BCUT2D eigenvalue weighted by Gasteiger charge is -2.28. The van der Waals surface area contributed by atoms with Crippen molar-refractivity contribution in [1.29, 1.82) is 0 Å². The molecule has 0 saturated heterocycles. The summed E-state index contributed by atoms with van der Waals surface area (Å²) in [5, 5.41) is 1.98. The van der Waals surface area contributed by atoms with E-state index in [2.05, 4.69) is 11.1 Å². The zero-order chi connectivity index (χ0) is 20.4. The summed E-state index contributed by atoms with van der Waals surface area (Å²) < 4.78 is 18.4. The van der Waals surface area contributed by atoms with Gasteiger partial charge in [0.05, 0.1) is 39.0 Å². The number of carbonyl (C=O) groups is 1. The third kappa shape index (κ3) is 3.80. The van der Waals surface area contributed by atoms with Gasteiger partial charge in [0.25, 0.3) is 0 Å². The minimum Gasteiger partial charge on any atom is -0.496 e. The van der Waals surface area contributed by atoms with Gasteiger partial charge >= 0.3 is 0 Å². The number of rotatable bonds is 6. The van der Waals surface area contributed by atoms with Crippen LogP contribution in [0.3, 0.4) is 0 Å². The topological polar surface area (TPSA) is 65.3 Å². The summed E-state index contributed by atoms with van der Waals surface area (Å²) in [6, 6.07) is 3.70. The van der Waals surface area contributed by atoms with Crippen LogP contribution in [-0.4, -0.2) is 54.6 Å². The molecule has 0 bridgehead atoms. The van der Waals surface area contributed by atoms with Gasteiger partial charge in [-0.25, -0.2) is 4.98 Å². The number of aromatic nitrogens is 2. The van der Waals surface area contributed by atoms with Gasteiger partial charge in [-0.2, -0.15) is 0 Å². The van der Waals surface area contributed by atoms with Gasteiger partial charge in [0.1, 0.15) is 17.2 Å². The monoisotopic (exact) mass is 413 g/mol. The lowest BCUT2D eigenvalue weighted by atomic mass is 9.97. The second-order valence-corrected chi connectivity index (χ2v) is 7.60. The molecule has 0 N–H and O–H groups in total. The Morgan fingerprint density at radius 1 is 1.17 bits per heavy atom. The van der Waals surface area contributed by atoms with E-state index in [1.165, 1.54) is 0 Å². The molecule has 0 radical (unpaired) electrons. The third-order valence-electron chi connectivity index (χ3n) is 5.07. The molecule has 0 saturated carbocycles. The molecule has 2 aromatic heterocycles. The molecule has 29 heavy (non-hydrogen) atoms. The molecule has 1 amide bonds. The molecule has 0 unspecified atom stereocenters. The molecule has 7 nitrogen and oxygen atoms in total. The number of hydrogen-bond donors (Lipinski definition) is 0. The maximum atomic E-state index is 12.7. The zero-order valence-corrected chi connectivity index (χ0v) is 17.5. The minimum absolute atomic E-state index is 0.0831. The van der Waals surface area contributed by atoms with Crippen LogP contribution >= 0.6 is 11.3 Å². The van der Waals surface area contributed by atoms with Crippen molar-refractivity contribution < 1.29 is 19.0 Å². The normalized spacial score (nSPS) is 14.0. The number of amides is 1. The molecule has 1 aliphatic heterocycles. The summed E-state index contributed by atoms with van der Waals surface area (Å²) in [6.07, 6.45) is 6.98. The lowest BCUT2D eigenvalue weighted by Crippen LogP contribution is -2.35. The summed E-state index contributed by atoms with van der Waals surface area (Å²) in [5.41, 5.74) is 2.82. The summed E-state index contributed by atoms with van der Waals surface area (Å²) in [5.74, 6) is 2.16. The van der Waals surface area contributed by atoms with Gasteiger partial charge in [-0.1, -0.05) is 6.08 Å². The van der Waals surface area contributed by atoms with Crippen molar-refractivity contribution in [1.82, 2.24) is 14.3 Å². The molecule has 1 aromatic carbocycles. The lowest BCUT2D eigenvalue weighted by molar-refractivity contribution is -0.130. The number of carbonyl (C=O) groups excluding carboxylic acids is 1. The molecule has 1 aliphatic rings. The summed E-state index contributed by atoms with van der Waals surface area (Å²) in [7, 11) is 4.88. The number of ether oxygens (including phenoxy) is 3. The van der Waals surface area contributed by atoms with Crippen LogP contribution in [0.5, 0.6) is 17.2 Å². The SMILES string of the molecule is COc1cc(OC)c(C2=CCN(C(=O)Cc3cn4ccsc4n3)CC2)c(OC)c1. The first-order valence-electron chi connectivity index (χ1n) is 9.31. The smallest absolute Gasteiger partial charge is 0.228 e. The fourth-order valence-corrected chi connectivity index (χ4v) is 4.29. The molecule has 0 spiro atoms. The van der Waals surface area contributed by atoms with Crippen molar-refractivity contribution in [2.45, 2.75) is 12.8 Å². The highest BCUT2D eigenvalue weighted by Gasteiger charge is 2.23. The Morgan fingerprint density at radius 2 is 1.93 bits per heavy atom. The fraction of sp³-hybridized carbons (Fsp3) is 0.333. The van der Waals surface area contributed by atoms with Gasteiger partial charge in [0.15, 0.2) is 4.96 Å². The first kappa shape index (κ1) is 19.3. The first-order valence-corrected chi connectivity index (χ1v) is 10.2. The van der Waals surface area contributed by atoms with E-state index in [0.29, 0.717) is 36.8 Å². The second-order valence-electron chi connectivity index (χ2n) is 6.73. The van der Waals surface area contributed by atoms with Crippen molar-refractivity contribution in [2.75, 3.05) is 34.4 Å². The predicted octanol–water partition coefficient (Wildman–Crippen LogP) is 3.28. The predicted molar refractivity (Wildman–Crippen MR) is 112 cm³/mol. The van der Waals surface area contributed by atoms with E-state index in [1.807, 2.05) is 39.2 Å². The number of fused-ring (bicyclic) bond motifs is 1. The quantitative estimate of drug-likeness (QED) is 0.621. The van der Waals surface area contributed by atoms with Crippen molar-refractivity contribution in [3.05, 3.63) is 47.2 Å². The Labute approximate surface area is 173 Å². The van der Waals surface area contributed by atoms with Crippen molar-refractivity contribution in [3.8, 4) is 17.2 Å². The molecular weight excluding hydrogens is 390 g/mol. The Kier molecular flexibility index (Phi) is 5.44. The number of imidazole rings is 1. The number of thiazole rings is 1. The van der Waals surface area contributed by atoms with Crippen molar-refractivity contribution >= 4 is 27.8 Å². The van der Waals surface area contributed by atoms with E-state index >= 15 is 0 Å². The van der Waals surface area contributed by atoms with Gasteiger partial charge in [-0.15, -0.1) is 11.3 Å². The molecule has 3 heterocycles. The van der Waals surface area contributed by atoms with Crippen LogP contribution in [0.2, 0.25) is 0 Å². The molecule has 4 rings (SSSR count). The maximum Gasteiger partial charge on any atom is 0.228 e. The Morgan fingerprint density at radius 3 is 2.52 bits per heavy atom.